The van der Waals surface area contributed by atoms with Crippen LogP contribution in [0.3, 0.4) is 0 Å². The van der Waals surface area contributed by atoms with E-state index in [-0.39, 0.29) is 17.7 Å². The zero-order valence-corrected chi connectivity index (χ0v) is 13.5. The molecule has 0 aliphatic rings. The molecule has 23 heavy (non-hydrogen) atoms. The lowest BCUT2D eigenvalue weighted by molar-refractivity contribution is -0.138. The molecule has 6 heteroatoms. The maximum atomic E-state index is 12.6. The molecule has 0 heterocycles. The summed E-state index contributed by atoms with van der Waals surface area (Å²) < 4.78 is 20.4. The smallest absolute Gasteiger partial charge is 0.342 e. The second-order valence-electron chi connectivity index (χ2n) is 4.19. The van der Waals surface area contributed by atoms with Crippen molar-refractivity contribution in [2.24, 2.45) is 0 Å². The minimum Gasteiger partial charge on any atom is -0.493 e. The molecule has 0 aliphatic heterocycles. The summed E-state index contributed by atoms with van der Waals surface area (Å²) in [5.41, 5.74) is -0.0855. The first-order chi connectivity index (χ1) is 11.0. The van der Waals surface area contributed by atoms with Crippen molar-refractivity contribution in [3.8, 4) is 29.6 Å². The van der Waals surface area contributed by atoms with Crippen molar-refractivity contribution in [3.63, 3.8) is 0 Å². The summed E-state index contributed by atoms with van der Waals surface area (Å²) in [6, 6.07) is 2.88. The average Bonchev–Trinajstić information content (AvgIpc) is 2.57. The summed E-state index contributed by atoms with van der Waals surface area (Å²) in [6.45, 7) is 1.76. The predicted octanol–water partition coefficient (Wildman–Crippen LogP) is 2.02. The lowest BCUT2D eigenvalue weighted by Gasteiger charge is -2.14. The van der Waals surface area contributed by atoms with Gasteiger partial charge in [-0.3, -0.25) is 4.79 Å². The summed E-state index contributed by atoms with van der Waals surface area (Å²) in [6.07, 6.45) is 6.25. The van der Waals surface area contributed by atoms with Gasteiger partial charge in [-0.1, -0.05) is 5.92 Å². The number of Topliss-reactive ketones (excluding diaryl/α,β-unsaturated/α-hetero) is 1. The fourth-order valence-corrected chi connectivity index (χ4v) is 1.88. The highest BCUT2D eigenvalue weighted by Crippen LogP contribution is 2.38. The van der Waals surface area contributed by atoms with Gasteiger partial charge in [0.1, 0.15) is 5.57 Å². The van der Waals surface area contributed by atoms with Gasteiger partial charge in [-0.05, 0) is 19.1 Å². The van der Waals surface area contributed by atoms with E-state index in [2.05, 4.69) is 5.92 Å². The number of ether oxygens (including phenoxy) is 4. The van der Waals surface area contributed by atoms with Gasteiger partial charge in [-0.25, -0.2) is 4.79 Å². The van der Waals surface area contributed by atoms with Crippen LogP contribution < -0.4 is 14.2 Å². The number of rotatable bonds is 7. The van der Waals surface area contributed by atoms with Crippen LogP contribution in [-0.4, -0.2) is 39.7 Å². The third-order valence-corrected chi connectivity index (χ3v) is 2.89. The van der Waals surface area contributed by atoms with Gasteiger partial charge in [-0.2, -0.15) is 0 Å². The average molecular weight is 318 g/mol. The summed E-state index contributed by atoms with van der Waals surface area (Å²) in [5, 5.41) is 0. The molecule has 0 aromatic heterocycles. The Kier molecular flexibility index (Phi) is 6.68. The van der Waals surface area contributed by atoms with Crippen LogP contribution in [0, 0.1) is 12.3 Å². The van der Waals surface area contributed by atoms with E-state index in [1.54, 1.807) is 6.92 Å². The highest BCUT2D eigenvalue weighted by atomic mass is 16.5. The van der Waals surface area contributed by atoms with Gasteiger partial charge in [0.15, 0.2) is 11.5 Å². The molecule has 122 valence electrons. The van der Waals surface area contributed by atoms with E-state index < -0.39 is 11.8 Å². The van der Waals surface area contributed by atoms with Crippen molar-refractivity contribution in [2.45, 2.75) is 6.92 Å². The van der Waals surface area contributed by atoms with Crippen LogP contribution in [0.5, 0.6) is 17.2 Å². The van der Waals surface area contributed by atoms with Crippen molar-refractivity contribution in [2.75, 3.05) is 27.9 Å². The highest BCUT2D eigenvalue weighted by molar-refractivity contribution is 6.24. The monoisotopic (exact) mass is 318 g/mol. The molecule has 0 radical (unpaired) electrons. The fraction of sp³-hybridized carbons (Fsp3) is 0.294. The van der Waals surface area contributed by atoms with E-state index in [4.69, 9.17) is 25.4 Å². The molecule has 0 unspecified atom stereocenters. The SMILES string of the molecule is C#C/C=C(/C(=O)OCC)C(=O)c1cc(OC)c(OC)c(OC)c1. The maximum Gasteiger partial charge on any atom is 0.342 e. The van der Waals surface area contributed by atoms with Crippen molar-refractivity contribution in [3.05, 3.63) is 29.3 Å². The Morgan fingerprint density at radius 3 is 2.09 bits per heavy atom. The molecule has 6 nitrogen and oxygen atoms in total. The van der Waals surface area contributed by atoms with E-state index in [0.29, 0.717) is 17.2 Å². The number of carbonyl (C=O) groups excluding carboxylic acids is 2. The number of benzene rings is 1. The summed E-state index contributed by atoms with van der Waals surface area (Å²) >= 11 is 0. The number of carbonyl (C=O) groups is 2. The molecular weight excluding hydrogens is 300 g/mol. The molecule has 1 aromatic rings. The first-order valence-electron chi connectivity index (χ1n) is 6.72. The van der Waals surface area contributed by atoms with Crippen LogP contribution in [0.15, 0.2) is 23.8 Å². The number of hydrogen-bond acceptors (Lipinski definition) is 6. The van der Waals surface area contributed by atoms with Gasteiger partial charge in [-0.15, -0.1) is 6.42 Å². The van der Waals surface area contributed by atoms with Crippen molar-refractivity contribution in [1.29, 1.82) is 0 Å². The number of allylic oxidation sites excluding steroid dienone is 1. The minimum atomic E-state index is -0.788. The van der Waals surface area contributed by atoms with Gasteiger partial charge in [0.05, 0.1) is 27.9 Å². The van der Waals surface area contributed by atoms with Crippen molar-refractivity contribution >= 4 is 11.8 Å². The lowest BCUT2D eigenvalue weighted by atomic mass is 10.0. The Morgan fingerprint density at radius 2 is 1.70 bits per heavy atom. The largest absolute Gasteiger partial charge is 0.493 e. The molecule has 0 bridgehead atoms. The van der Waals surface area contributed by atoms with Crippen LogP contribution in [0.4, 0.5) is 0 Å². The third kappa shape index (κ3) is 4.04. The quantitative estimate of drug-likeness (QED) is 0.191. The third-order valence-electron chi connectivity index (χ3n) is 2.89. The Morgan fingerprint density at radius 1 is 1.13 bits per heavy atom. The number of terminal acetylenes is 1. The summed E-state index contributed by atoms with van der Waals surface area (Å²) in [7, 11) is 4.30. The van der Waals surface area contributed by atoms with Crippen LogP contribution in [-0.2, 0) is 9.53 Å². The zero-order valence-electron chi connectivity index (χ0n) is 13.5. The number of ketones is 1. The molecule has 0 aliphatic carbocycles. The first-order valence-corrected chi connectivity index (χ1v) is 6.72. The topological polar surface area (TPSA) is 71.1 Å². The van der Waals surface area contributed by atoms with Gasteiger partial charge < -0.3 is 18.9 Å². The molecule has 0 spiro atoms. The standard InChI is InChI=1S/C17H18O6/c1-6-8-12(17(19)23-7-2)15(18)11-9-13(20-3)16(22-5)14(10-11)21-4/h1,8-10H,7H2,2-5H3/b12-8+. The molecule has 0 fully saturated rings. The molecule has 1 rings (SSSR count). The Hall–Kier alpha value is -2.94. The lowest BCUT2D eigenvalue weighted by Crippen LogP contribution is -2.16. The molecular formula is C17H18O6. The van der Waals surface area contributed by atoms with Gasteiger partial charge in [0.2, 0.25) is 11.5 Å². The second-order valence-corrected chi connectivity index (χ2v) is 4.19. The molecule has 0 saturated carbocycles. The minimum absolute atomic E-state index is 0.128. The first kappa shape index (κ1) is 18.1. The van der Waals surface area contributed by atoms with Crippen LogP contribution in [0.2, 0.25) is 0 Å². The zero-order chi connectivity index (χ0) is 17.4. The molecule has 1 aromatic carbocycles. The number of esters is 1. The molecule has 0 N–H and O–H groups in total. The van der Waals surface area contributed by atoms with Crippen LogP contribution in [0.1, 0.15) is 17.3 Å². The van der Waals surface area contributed by atoms with Crippen LogP contribution >= 0.6 is 0 Å². The van der Waals surface area contributed by atoms with Gasteiger partial charge in [0, 0.05) is 11.6 Å². The molecule has 0 saturated heterocycles. The number of methoxy groups -OCH3 is 3. The Balaban J connectivity index is 3.39. The summed E-state index contributed by atoms with van der Waals surface area (Å²) in [5.74, 6) is 1.70. The molecule has 0 atom stereocenters. The Labute approximate surface area is 135 Å². The molecule has 0 amide bonds. The number of hydrogen-bond donors (Lipinski definition) is 0. The van der Waals surface area contributed by atoms with E-state index in [0.717, 1.165) is 6.08 Å². The predicted molar refractivity (Wildman–Crippen MR) is 84.0 cm³/mol. The summed E-state index contributed by atoms with van der Waals surface area (Å²) in [4.78, 5) is 24.5. The maximum absolute atomic E-state index is 12.6. The fourth-order valence-electron chi connectivity index (χ4n) is 1.88. The van der Waals surface area contributed by atoms with Crippen molar-refractivity contribution in [1.82, 2.24) is 0 Å². The van der Waals surface area contributed by atoms with Crippen molar-refractivity contribution < 1.29 is 28.5 Å². The van der Waals surface area contributed by atoms with Gasteiger partial charge in [0.25, 0.3) is 0 Å². The Bertz CT molecular complexity index is 641. The van der Waals surface area contributed by atoms with E-state index >= 15 is 0 Å². The van der Waals surface area contributed by atoms with E-state index in [1.807, 2.05) is 0 Å². The van der Waals surface area contributed by atoms with E-state index in [1.165, 1.54) is 33.5 Å². The van der Waals surface area contributed by atoms with Crippen LogP contribution in [0.25, 0.3) is 0 Å². The highest BCUT2D eigenvalue weighted by Gasteiger charge is 2.24. The normalized spacial score (nSPS) is 10.5. The second kappa shape index (κ2) is 8.49. The van der Waals surface area contributed by atoms with E-state index in [9.17, 15) is 9.59 Å². The van der Waals surface area contributed by atoms with Gasteiger partial charge >= 0.3 is 5.97 Å².